The molecule has 1 fully saturated rings. The third-order valence-corrected chi connectivity index (χ3v) is 3.55. The molecule has 0 saturated carbocycles. The van der Waals surface area contributed by atoms with Crippen molar-refractivity contribution >= 4 is 23.5 Å². The van der Waals surface area contributed by atoms with Crippen LogP contribution in [0.4, 0.5) is 0 Å². The minimum absolute atomic E-state index is 0.142. The van der Waals surface area contributed by atoms with Gasteiger partial charge in [-0.25, -0.2) is 4.79 Å². The lowest BCUT2D eigenvalue weighted by Crippen LogP contribution is -2.43. The molecule has 1 amide bonds. The lowest BCUT2D eigenvalue weighted by Gasteiger charge is -2.22. The van der Waals surface area contributed by atoms with Gasteiger partial charge in [0.15, 0.2) is 6.61 Å². The molecule has 1 aromatic carbocycles. The summed E-state index contributed by atoms with van der Waals surface area (Å²) >= 11 is 5.94. The molecule has 1 saturated heterocycles. The van der Waals surface area contributed by atoms with Crippen molar-refractivity contribution in [2.75, 3.05) is 20.3 Å². The van der Waals surface area contributed by atoms with Gasteiger partial charge in [-0.2, -0.15) is 0 Å². The number of benzene rings is 1. The molecular formula is C14H16ClNO4. The zero-order valence-corrected chi connectivity index (χ0v) is 11.9. The predicted molar refractivity (Wildman–Crippen MR) is 73.7 cm³/mol. The number of likely N-dealkylation sites (tertiary alicyclic amines) is 1. The van der Waals surface area contributed by atoms with Crippen LogP contribution in [0.15, 0.2) is 24.3 Å². The molecule has 20 heavy (non-hydrogen) atoms. The van der Waals surface area contributed by atoms with Crippen LogP contribution in [0.5, 0.6) is 5.75 Å². The number of hydrogen-bond acceptors (Lipinski definition) is 4. The highest BCUT2D eigenvalue weighted by Crippen LogP contribution is 2.24. The normalized spacial score (nSPS) is 17.9. The molecule has 5 nitrogen and oxygen atoms in total. The molecule has 0 radical (unpaired) electrons. The fourth-order valence-corrected chi connectivity index (χ4v) is 2.42. The first kappa shape index (κ1) is 14.7. The van der Waals surface area contributed by atoms with Gasteiger partial charge in [-0.05, 0) is 25.0 Å². The Balaban J connectivity index is 1.95. The maximum absolute atomic E-state index is 12.1. The molecule has 1 heterocycles. The Bertz CT molecular complexity index is 506. The SMILES string of the molecule is COC(=O)C1CCCN1C(=O)COc1ccccc1Cl. The molecule has 1 aliphatic heterocycles. The lowest BCUT2D eigenvalue weighted by molar-refractivity contribution is -0.151. The van der Waals surface area contributed by atoms with Gasteiger partial charge in [-0.3, -0.25) is 4.79 Å². The maximum atomic E-state index is 12.1. The molecule has 1 unspecified atom stereocenters. The van der Waals surface area contributed by atoms with Gasteiger partial charge in [0, 0.05) is 6.54 Å². The average Bonchev–Trinajstić information content (AvgIpc) is 2.94. The summed E-state index contributed by atoms with van der Waals surface area (Å²) in [7, 11) is 1.32. The van der Waals surface area contributed by atoms with Crippen LogP contribution in [0, 0.1) is 0 Å². The van der Waals surface area contributed by atoms with E-state index in [1.165, 1.54) is 12.0 Å². The van der Waals surface area contributed by atoms with Crippen molar-refractivity contribution in [2.24, 2.45) is 0 Å². The van der Waals surface area contributed by atoms with Crippen LogP contribution < -0.4 is 4.74 Å². The summed E-state index contributed by atoms with van der Waals surface area (Å²) in [5.41, 5.74) is 0. The van der Waals surface area contributed by atoms with E-state index >= 15 is 0 Å². The first-order chi connectivity index (χ1) is 9.63. The molecule has 1 atom stereocenters. The molecule has 108 valence electrons. The fraction of sp³-hybridized carbons (Fsp3) is 0.429. The van der Waals surface area contributed by atoms with E-state index in [-0.39, 0.29) is 18.5 Å². The average molecular weight is 298 g/mol. The van der Waals surface area contributed by atoms with E-state index < -0.39 is 6.04 Å². The molecule has 0 N–H and O–H groups in total. The molecule has 1 aromatic rings. The quantitative estimate of drug-likeness (QED) is 0.796. The number of esters is 1. The van der Waals surface area contributed by atoms with Crippen LogP contribution in [0.25, 0.3) is 0 Å². The fourth-order valence-electron chi connectivity index (χ4n) is 2.23. The Morgan fingerprint density at radius 3 is 2.85 bits per heavy atom. The van der Waals surface area contributed by atoms with Crippen LogP contribution in [0.1, 0.15) is 12.8 Å². The maximum Gasteiger partial charge on any atom is 0.328 e. The van der Waals surface area contributed by atoms with Crippen molar-refractivity contribution < 1.29 is 19.1 Å². The zero-order chi connectivity index (χ0) is 14.5. The van der Waals surface area contributed by atoms with Crippen molar-refractivity contribution in [2.45, 2.75) is 18.9 Å². The number of methoxy groups -OCH3 is 1. The van der Waals surface area contributed by atoms with Crippen LogP contribution >= 0.6 is 11.6 Å². The summed E-state index contributed by atoms with van der Waals surface area (Å²) in [6.07, 6.45) is 1.42. The number of ether oxygens (including phenoxy) is 2. The van der Waals surface area contributed by atoms with Gasteiger partial charge in [0.1, 0.15) is 11.8 Å². The Labute approximate surface area is 122 Å². The van der Waals surface area contributed by atoms with Gasteiger partial charge in [-0.1, -0.05) is 23.7 Å². The van der Waals surface area contributed by atoms with E-state index in [0.29, 0.717) is 23.7 Å². The second-order valence-electron chi connectivity index (χ2n) is 4.49. The van der Waals surface area contributed by atoms with Crippen molar-refractivity contribution in [1.82, 2.24) is 4.90 Å². The number of halogens is 1. The molecule has 1 aliphatic rings. The molecule has 0 spiro atoms. The molecule has 2 rings (SSSR count). The summed E-state index contributed by atoms with van der Waals surface area (Å²) < 4.78 is 10.1. The number of para-hydroxylation sites is 1. The number of hydrogen-bond donors (Lipinski definition) is 0. The number of carbonyl (C=O) groups excluding carboxylic acids is 2. The minimum atomic E-state index is -0.498. The van der Waals surface area contributed by atoms with E-state index in [9.17, 15) is 9.59 Å². The highest BCUT2D eigenvalue weighted by Gasteiger charge is 2.34. The Morgan fingerprint density at radius 2 is 2.15 bits per heavy atom. The van der Waals surface area contributed by atoms with Crippen molar-refractivity contribution in [3.8, 4) is 5.75 Å². The van der Waals surface area contributed by atoms with E-state index in [0.717, 1.165) is 6.42 Å². The standard InChI is InChI=1S/C14H16ClNO4/c1-19-14(18)11-6-4-8-16(11)13(17)9-20-12-7-3-2-5-10(12)15/h2-3,5,7,11H,4,6,8-9H2,1H3. The highest BCUT2D eigenvalue weighted by atomic mass is 35.5. The number of rotatable bonds is 4. The summed E-state index contributed by atoms with van der Waals surface area (Å²) in [5, 5.41) is 0.450. The van der Waals surface area contributed by atoms with Gasteiger partial charge in [0.2, 0.25) is 0 Å². The largest absolute Gasteiger partial charge is 0.482 e. The first-order valence-corrected chi connectivity index (χ1v) is 6.76. The Hall–Kier alpha value is -1.75. The van der Waals surface area contributed by atoms with Crippen LogP contribution in [-0.4, -0.2) is 43.1 Å². The number of nitrogens with zero attached hydrogens (tertiary/aromatic N) is 1. The number of amides is 1. The summed E-state index contributed by atoms with van der Waals surface area (Å²) in [6.45, 7) is 0.404. The zero-order valence-electron chi connectivity index (χ0n) is 11.2. The Kier molecular flexibility index (Phi) is 4.84. The van der Waals surface area contributed by atoms with E-state index in [2.05, 4.69) is 0 Å². The summed E-state index contributed by atoms with van der Waals surface area (Å²) in [6, 6.07) is 6.44. The first-order valence-electron chi connectivity index (χ1n) is 6.38. The van der Waals surface area contributed by atoms with Gasteiger partial charge in [0.25, 0.3) is 5.91 Å². The van der Waals surface area contributed by atoms with Crippen molar-refractivity contribution in [3.05, 3.63) is 29.3 Å². The van der Waals surface area contributed by atoms with Gasteiger partial charge in [0.05, 0.1) is 12.1 Å². The molecule has 0 aromatic heterocycles. The van der Waals surface area contributed by atoms with Gasteiger partial charge >= 0.3 is 5.97 Å². The topological polar surface area (TPSA) is 55.8 Å². The third-order valence-electron chi connectivity index (χ3n) is 3.23. The second kappa shape index (κ2) is 6.61. The third kappa shape index (κ3) is 3.22. The van der Waals surface area contributed by atoms with Gasteiger partial charge in [-0.15, -0.1) is 0 Å². The molecular weight excluding hydrogens is 282 g/mol. The number of carbonyl (C=O) groups is 2. The Morgan fingerprint density at radius 1 is 1.40 bits per heavy atom. The molecule has 6 heteroatoms. The molecule has 0 bridgehead atoms. The van der Waals surface area contributed by atoms with Crippen LogP contribution in [-0.2, 0) is 14.3 Å². The lowest BCUT2D eigenvalue weighted by atomic mass is 10.2. The highest BCUT2D eigenvalue weighted by molar-refractivity contribution is 6.32. The van der Waals surface area contributed by atoms with E-state index in [1.54, 1.807) is 24.3 Å². The van der Waals surface area contributed by atoms with Crippen molar-refractivity contribution in [1.29, 1.82) is 0 Å². The van der Waals surface area contributed by atoms with E-state index in [1.807, 2.05) is 0 Å². The van der Waals surface area contributed by atoms with Gasteiger partial charge < -0.3 is 14.4 Å². The molecule has 0 aliphatic carbocycles. The predicted octanol–water partition coefficient (Wildman–Crippen LogP) is 1.88. The summed E-state index contributed by atoms with van der Waals surface area (Å²) in [4.78, 5) is 25.2. The summed E-state index contributed by atoms with van der Waals surface area (Å²) in [5.74, 6) is -0.164. The second-order valence-corrected chi connectivity index (χ2v) is 4.89. The monoisotopic (exact) mass is 297 g/mol. The van der Waals surface area contributed by atoms with Crippen LogP contribution in [0.2, 0.25) is 5.02 Å². The van der Waals surface area contributed by atoms with Crippen LogP contribution in [0.3, 0.4) is 0 Å². The smallest absolute Gasteiger partial charge is 0.328 e. The van der Waals surface area contributed by atoms with E-state index in [4.69, 9.17) is 21.1 Å². The van der Waals surface area contributed by atoms with Crippen molar-refractivity contribution in [3.63, 3.8) is 0 Å². The minimum Gasteiger partial charge on any atom is -0.482 e.